The van der Waals surface area contributed by atoms with Gasteiger partial charge in [0.25, 0.3) is 0 Å². The monoisotopic (exact) mass is 484 g/mol. The highest BCUT2D eigenvalue weighted by atomic mass is 35.5. The van der Waals surface area contributed by atoms with Crippen molar-refractivity contribution in [2.45, 2.75) is 40.0 Å². The largest absolute Gasteiger partial charge is 0.867 e. The maximum Gasteiger partial charge on any atom is 0.238 e. The van der Waals surface area contributed by atoms with Gasteiger partial charge in [-0.1, -0.05) is 68.3 Å². The van der Waals surface area contributed by atoms with E-state index in [2.05, 4.69) is 32.2 Å². The Morgan fingerprint density at radius 1 is 0.938 bits per heavy atom. The van der Waals surface area contributed by atoms with Gasteiger partial charge in [0.15, 0.2) is 17.4 Å². The molecule has 1 aromatic heterocycles. The summed E-state index contributed by atoms with van der Waals surface area (Å²) in [5.74, 6) is -0.290. The van der Waals surface area contributed by atoms with E-state index in [1.54, 1.807) is 22.8 Å². The number of aromatic nitrogens is 1. The second kappa shape index (κ2) is 9.62. The van der Waals surface area contributed by atoms with Crippen LogP contribution in [0.25, 0.3) is 11.5 Å². The zero-order chi connectivity index (χ0) is 23.6. The van der Waals surface area contributed by atoms with E-state index >= 15 is 0 Å². The van der Waals surface area contributed by atoms with Gasteiger partial charge in [0, 0.05) is 27.9 Å². The lowest BCUT2D eigenvalue weighted by Gasteiger charge is -2.20. The van der Waals surface area contributed by atoms with Crippen LogP contribution >= 0.6 is 35.4 Å². The molecule has 3 rings (SSSR count). The molecule has 0 spiro atoms. The number of hydrogen-bond donors (Lipinski definition) is 1. The first-order valence-electron chi connectivity index (χ1n) is 10.2. The quantitative estimate of drug-likeness (QED) is 0.203. The molecule has 0 bridgehead atoms. The van der Waals surface area contributed by atoms with Gasteiger partial charge in [-0.25, -0.2) is 0 Å². The van der Waals surface area contributed by atoms with E-state index in [9.17, 15) is 5.11 Å². The van der Waals surface area contributed by atoms with Crippen molar-refractivity contribution in [1.82, 2.24) is 0 Å². The molecule has 3 nitrogen and oxygen atoms in total. The molecule has 1 heterocycles. The van der Waals surface area contributed by atoms with E-state index in [0.717, 1.165) is 22.4 Å². The highest BCUT2D eigenvalue weighted by Gasteiger charge is 2.22. The molecule has 2 aromatic carbocycles. The molecule has 0 radical (unpaired) electrons. The van der Waals surface area contributed by atoms with Crippen LogP contribution in [0.1, 0.15) is 43.0 Å². The van der Waals surface area contributed by atoms with Gasteiger partial charge >= 0.3 is 0 Å². The summed E-state index contributed by atoms with van der Waals surface area (Å²) in [6, 6.07) is 14.9. The smallest absolute Gasteiger partial charge is 0.238 e. The zero-order valence-corrected chi connectivity index (χ0v) is 21.1. The van der Waals surface area contributed by atoms with E-state index in [1.165, 1.54) is 0 Å². The number of benzene rings is 2. The normalized spacial score (nSPS) is 12.3. The van der Waals surface area contributed by atoms with E-state index in [1.807, 2.05) is 50.5 Å². The van der Waals surface area contributed by atoms with E-state index < -0.39 is 0 Å². The summed E-state index contributed by atoms with van der Waals surface area (Å²) < 4.78 is 1.74. The number of halogens is 2. The summed E-state index contributed by atoms with van der Waals surface area (Å²) in [6.45, 7) is 10.5. The standard InChI is InChI=1S/C26H26Cl2N2OS/c1-16-12-17(2)14-20(13-16)29-25(32)23(24(31)21-7-6-19(27)15-22(21)28)30-10-8-18(9-11-30)26(3,4)5/h6-15H,1-5H3,(H-,29,31,32). The van der Waals surface area contributed by atoms with E-state index in [0.29, 0.717) is 21.3 Å². The molecule has 0 unspecified atom stereocenters. The van der Waals surface area contributed by atoms with Gasteiger partial charge in [-0.2, -0.15) is 4.57 Å². The summed E-state index contributed by atoms with van der Waals surface area (Å²) >= 11 is 18.1. The van der Waals surface area contributed by atoms with Crippen molar-refractivity contribution < 1.29 is 9.67 Å². The topological polar surface area (TPSA) is 39.0 Å². The van der Waals surface area contributed by atoms with Crippen LogP contribution in [-0.4, -0.2) is 4.99 Å². The Balaban J connectivity index is 2.13. The highest BCUT2D eigenvalue weighted by Crippen LogP contribution is 2.27. The van der Waals surface area contributed by atoms with E-state index in [-0.39, 0.29) is 16.2 Å². The number of pyridine rings is 1. The SMILES string of the molecule is Cc1cc(C)cc(NC(=S)C(=C([O-])c2ccc(Cl)cc2Cl)[n+]2ccc(C(C)(C)C)cc2)c1. The van der Waals surface area contributed by atoms with Crippen LogP contribution < -0.4 is 15.0 Å². The Hall–Kier alpha value is -2.40. The van der Waals surface area contributed by atoms with Gasteiger partial charge in [-0.05, 0) is 71.5 Å². The predicted molar refractivity (Wildman–Crippen MR) is 137 cm³/mol. The van der Waals surface area contributed by atoms with Crippen molar-refractivity contribution in [3.05, 3.63) is 93.2 Å². The van der Waals surface area contributed by atoms with Crippen LogP contribution in [0.3, 0.4) is 0 Å². The molecule has 3 aromatic rings. The van der Waals surface area contributed by atoms with Crippen LogP contribution in [0, 0.1) is 13.8 Å². The van der Waals surface area contributed by atoms with Gasteiger partial charge in [-0.3, -0.25) is 0 Å². The lowest BCUT2D eigenvalue weighted by Crippen LogP contribution is -2.40. The average Bonchev–Trinajstić information content (AvgIpc) is 2.67. The van der Waals surface area contributed by atoms with Gasteiger partial charge in [0.1, 0.15) is 0 Å². The van der Waals surface area contributed by atoms with Crippen molar-refractivity contribution in [1.29, 1.82) is 0 Å². The second-order valence-electron chi connectivity index (χ2n) is 8.88. The summed E-state index contributed by atoms with van der Waals surface area (Å²) in [4.78, 5) is 0.305. The van der Waals surface area contributed by atoms with E-state index in [4.69, 9.17) is 35.4 Å². The second-order valence-corrected chi connectivity index (χ2v) is 10.1. The fraction of sp³-hybridized carbons (Fsp3) is 0.231. The van der Waals surface area contributed by atoms with Crippen molar-refractivity contribution in [3.63, 3.8) is 0 Å². The third kappa shape index (κ3) is 5.69. The third-order valence-electron chi connectivity index (χ3n) is 5.04. The first-order chi connectivity index (χ1) is 15.0. The summed E-state index contributed by atoms with van der Waals surface area (Å²) in [7, 11) is 0. The fourth-order valence-corrected chi connectivity index (χ4v) is 4.26. The number of thiocarbonyl (C=S) groups is 1. The Kier molecular flexibility index (Phi) is 7.29. The average molecular weight is 485 g/mol. The molecule has 1 N–H and O–H groups in total. The van der Waals surface area contributed by atoms with Gasteiger partial charge in [-0.15, -0.1) is 0 Å². The maximum atomic E-state index is 13.6. The molecule has 166 valence electrons. The summed E-state index contributed by atoms with van der Waals surface area (Å²) in [5, 5.41) is 17.6. The molecule has 0 amide bonds. The van der Waals surface area contributed by atoms with Crippen molar-refractivity contribution in [2.24, 2.45) is 0 Å². The van der Waals surface area contributed by atoms with Crippen LogP contribution in [0.2, 0.25) is 10.0 Å². The minimum absolute atomic E-state index is 0.0133. The van der Waals surface area contributed by atoms with Crippen molar-refractivity contribution >= 4 is 57.6 Å². The predicted octanol–water partition coefficient (Wildman–Crippen LogP) is 6.32. The first kappa shape index (κ1) is 24.2. The van der Waals surface area contributed by atoms with Gasteiger partial charge in [0.05, 0.1) is 0 Å². The highest BCUT2D eigenvalue weighted by molar-refractivity contribution is 7.81. The lowest BCUT2D eigenvalue weighted by molar-refractivity contribution is -0.577. The molecular formula is C26H26Cl2N2OS. The molecule has 0 saturated carbocycles. The molecule has 6 heteroatoms. The van der Waals surface area contributed by atoms with Gasteiger partial charge in [0.2, 0.25) is 5.70 Å². The van der Waals surface area contributed by atoms with Crippen LogP contribution in [0.15, 0.2) is 60.9 Å². The summed E-state index contributed by atoms with van der Waals surface area (Å²) in [6.07, 6.45) is 3.71. The number of hydrogen-bond acceptors (Lipinski definition) is 2. The number of rotatable bonds is 4. The molecule has 0 atom stereocenters. The Morgan fingerprint density at radius 2 is 1.53 bits per heavy atom. The fourth-order valence-electron chi connectivity index (χ4n) is 3.45. The molecule has 0 aliphatic heterocycles. The zero-order valence-electron chi connectivity index (χ0n) is 18.8. The van der Waals surface area contributed by atoms with Gasteiger partial charge < -0.3 is 10.4 Å². The van der Waals surface area contributed by atoms with Crippen LogP contribution in [0.5, 0.6) is 0 Å². The number of anilines is 1. The molecular weight excluding hydrogens is 459 g/mol. The molecule has 0 fully saturated rings. The molecule has 32 heavy (non-hydrogen) atoms. The van der Waals surface area contributed by atoms with Crippen LogP contribution in [0.4, 0.5) is 5.69 Å². The number of aryl methyl sites for hydroxylation is 2. The molecule has 0 aliphatic carbocycles. The summed E-state index contributed by atoms with van der Waals surface area (Å²) in [5.41, 5.74) is 4.81. The first-order valence-corrected chi connectivity index (χ1v) is 11.4. The van der Waals surface area contributed by atoms with Crippen molar-refractivity contribution in [2.75, 3.05) is 5.32 Å². The minimum atomic E-state index is -0.290. The van der Waals surface area contributed by atoms with Crippen LogP contribution in [-0.2, 0) is 5.41 Å². The third-order valence-corrected chi connectivity index (χ3v) is 5.88. The molecule has 0 saturated heterocycles. The lowest BCUT2D eigenvalue weighted by atomic mass is 9.88. The number of nitrogens with one attached hydrogen (secondary N) is 1. The van der Waals surface area contributed by atoms with Crippen molar-refractivity contribution in [3.8, 4) is 0 Å². The Morgan fingerprint density at radius 3 is 2.06 bits per heavy atom. The Labute approximate surface area is 205 Å². The number of nitrogens with zero attached hydrogens (tertiary/aromatic N) is 1. The molecule has 0 aliphatic rings. The Bertz CT molecular complexity index is 1180. The maximum absolute atomic E-state index is 13.6. The minimum Gasteiger partial charge on any atom is -0.867 e.